The summed E-state index contributed by atoms with van der Waals surface area (Å²) < 4.78 is 5.72. The zero-order valence-corrected chi connectivity index (χ0v) is 20.0. The van der Waals surface area contributed by atoms with Crippen LogP contribution >= 0.6 is 0 Å². The zero-order valence-electron chi connectivity index (χ0n) is 20.0. The van der Waals surface area contributed by atoms with E-state index in [0.717, 1.165) is 49.4 Å². The summed E-state index contributed by atoms with van der Waals surface area (Å²) in [6, 6.07) is 15.0. The molecule has 3 N–H and O–H groups in total. The molecule has 180 valence electrons. The third kappa shape index (κ3) is 5.95. The van der Waals surface area contributed by atoms with Crippen molar-refractivity contribution in [2.75, 3.05) is 44.6 Å². The van der Waals surface area contributed by atoms with Gasteiger partial charge < -0.3 is 20.5 Å². The fourth-order valence-corrected chi connectivity index (χ4v) is 5.49. The van der Waals surface area contributed by atoms with Gasteiger partial charge in [-0.2, -0.15) is 5.26 Å². The Labute approximate surface area is 201 Å². The van der Waals surface area contributed by atoms with Crippen molar-refractivity contribution in [1.82, 2.24) is 10.2 Å². The number of β-amino-alcohol motifs (C(OH)–C–C–N with tert-alkyl or cyclic N) is 1. The van der Waals surface area contributed by atoms with Crippen molar-refractivity contribution in [3.05, 3.63) is 59.2 Å². The Hall–Kier alpha value is -2.92. The quantitative estimate of drug-likeness (QED) is 0.558. The van der Waals surface area contributed by atoms with E-state index in [9.17, 15) is 9.90 Å². The third-order valence-electron chi connectivity index (χ3n) is 6.91. The number of amides is 1. The maximum Gasteiger partial charge on any atom is 0.225 e. The summed E-state index contributed by atoms with van der Waals surface area (Å²) in [7, 11) is 0. The van der Waals surface area contributed by atoms with Gasteiger partial charge in [-0.1, -0.05) is 18.2 Å². The lowest BCUT2D eigenvalue weighted by molar-refractivity contribution is -0.120. The Balaban J connectivity index is 1.34. The van der Waals surface area contributed by atoms with Gasteiger partial charge in [0.05, 0.1) is 11.6 Å². The van der Waals surface area contributed by atoms with E-state index in [2.05, 4.69) is 21.6 Å². The number of fused-ring (bicyclic) bond motifs is 2. The van der Waals surface area contributed by atoms with Crippen LogP contribution in [-0.4, -0.2) is 61.3 Å². The van der Waals surface area contributed by atoms with Crippen molar-refractivity contribution < 1.29 is 14.6 Å². The van der Waals surface area contributed by atoms with Crippen molar-refractivity contribution in [2.45, 2.75) is 32.8 Å². The van der Waals surface area contributed by atoms with E-state index in [-0.39, 0.29) is 17.9 Å². The molecular weight excluding hydrogens is 428 g/mol. The summed E-state index contributed by atoms with van der Waals surface area (Å²) in [6.07, 6.45) is 0.843. The number of hydrogen-bond acceptors (Lipinski definition) is 6. The maximum atomic E-state index is 13.1. The monoisotopic (exact) mass is 462 g/mol. The van der Waals surface area contributed by atoms with Gasteiger partial charge in [-0.25, -0.2) is 0 Å². The molecule has 2 bridgehead atoms. The smallest absolute Gasteiger partial charge is 0.225 e. The second-order valence-electron chi connectivity index (χ2n) is 9.99. The van der Waals surface area contributed by atoms with E-state index in [4.69, 9.17) is 10.00 Å². The fraction of sp³-hybridized carbons (Fsp3) is 0.481. The summed E-state index contributed by atoms with van der Waals surface area (Å²) >= 11 is 0. The number of para-hydroxylation sites is 1. The lowest BCUT2D eigenvalue weighted by atomic mass is 9.70. The topological polar surface area (TPSA) is 97.6 Å². The van der Waals surface area contributed by atoms with Crippen LogP contribution in [0.1, 0.15) is 29.5 Å². The van der Waals surface area contributed by atoms with Crippen LogP contribution in [0, 0.1) is 36.5 Å². The number of ether oxygens (including phenoxy) is 1. The third-order valence-corrected chi connectivity index (χ3v) is 6.91. The highest BCUT2D eigenvalue weighted by atomic mass is 16.5. The van der Waals surface area contributed by atoms with Crippen molar-refractivity contribution in [1.29, 1.82) is 5.26 Å². The molecule has 0 aromatic heterocycles. The molecule has 2 fully saturated rings. The molecule has 4 rings (SSSR count). The number of rotatable bonds is 8. The first kappa shape index (κ1) is 24.2. The minimum absolute atomic E-state index is 0.0476. The van der Waals surface area contributed by atoms with Crippen LogP contribution in [0.2, 0.25) is 0 Å². The van der Waals surface area contributed by atoms with E-state index < -0.39 is 6.10 Å². The standard InChI is InChI=1S/C27H34N4O3/c1-19-4-3-5-20(2)26(19)30-25(33)11-27-10-22(13-29-17-27)14-31(18-27)15-23(32)16-34-24-8-6-21(12-28)7-9-24/h3-9,22-23,29,32H,10-11,13-18H2,1-2H3,(H,30,33). The molecule has 2 aliphatic heterocycles. The fourth-order valence-electron chi connectivity index (χ4n) is 5.49. The summed E-state index contributed by atoms with van der Waals surface area (Å²) in [6.45, 7) is 8.14. The van der Waals surface area contributed by atoms with Crippen LogP contribution in [-0.2, 0) is 4.79 Å². The highest BCUT2D eigenvalue weighted by Crippen LogP contribution is 2.39. The highest BCUT2D eigenvalue weighted by Gasteiger charge is 2.44. The first-order chi connectivity index (χ1) is 16.4. The van der Waals surface area contributed by atoms with Crippen LogP contribution in [0.4, 0.5) is 5.69 Å². The molecule has 2 aliphatic rings. The molecule has 2 aromatic rings. The number of piperidine rings is 2. The minimum Gasteiger partial charge on any atom is -0.491 e. The van der Waals surface area contributed by atoms with Gasteiger partial charge in [0.1, 0.15) is 18.5 Å². The van der Waals surface area contributed by atoms with Gasteiger partial charge in [-0.3, -0.25) is 9.69 Å². The van der Waals surface area contributed by atoms with Crippen LogP contribution in [0.3, 0.4) is 0 Å². The number of anilines is 1. The molecule has 34 heavy (non-hydrogen) atoms. The molecule has 3 atom stereocenters. The Morgan fingerprint density at radius 3 is 2.74 bits per heavy atom. The Morgan fingerprint density at radius 2 is 2.03 bits per heavy atom. The van der Waals surface area contributed by atoms with Gasteiger partial charge in [0.15, 0.2) is 0 Å². The molecule has 2 heterocycles. The zero-order chi connectivity index (χ0) is 24.1. The molecule has 1 amide bonds. The van der Waals surface area contributed by atoms with E-state index in [0.29, 0.717) is 30.2 Å². The predicted octanol–water partition coefficient (Wildman–Crippen LogP) is 2.86. The molecule has 7 nitrogen and oxygen atoms in total. The SMILES string of the molecule is Cc1cccc(C)c1NC(=O)CC12CNCC(CN(CC(O)COc3ccc(C#N)cc3)C1)C2. The number of carbonyl (C=O) groups excluding carboxylic acids is 1. The Kier molecular flexibility index (Phi) is 7.52. The largest absolute Gasteiger partial charge is 0.491 e. The first-order valence-electron chi connectivity index (χ1n) is 12.0. The van der Waals surface area contributed by atoms with Gasteiger partial charge in [-0.15, -0.1) is 0 Å². The number of nitrogens with zero attached hydrogens (tertiary/aromatic N) is 2. The number of likely N-dealkylation sites (tertiary alicyclic amines) is 1. The summed E-state index contributed by atoms with van der Waals surface area (Å²) in [5.74, 6) is 1.14. The number of carbonyl (C=O) groups is 1. The van der Waals surface area contributed by atoms with Crippen LogP contribution in [0.15, 0.2) is 42.5 Å². The normalized spacial score (nSPS) is 23.1. The lowest BCUT2D eigenvalue weighted by Crippen LogP contribution is -2.59. The maximum absolute atomic E-state index is 13.1. The molecule has 0 spiro atoms. The van der Waals surface area contributed by atoms with Crippen molar-refractivity contribution in [2.24, 2.45) is 11.3 Å². The van der Waals surface area contributed by atoms with Gasteiger partial charge in [-0.05, 0) is 68.1 Å². The second-order valence-corrected chi connectivity index (χ2v) is 9.99. The number of benzene rings is 2. The molecule has 2 saturated heterocycles. The molecule has 0 radical (unpaired) electrons. The van der Waals surface area contributed by atoms with E-state index >= 15 is 0 Å². The van der Waals surface area contributed by atoms with Crippen molar-refractivity contribution in [3.63, 3.8) is 0 Å². The lowest BCUT2D eigenvalue weighted by Gasteiger charge is -2.50. The van der Waals surface area contributed by atoms with Gasteiger partial charge >= 0.3 is 0 Å². The second kappa shape index (κ2) is 10.6. The minimum atomic E-state index is -0.636. The number of aliphatic hydroxyl groups excluding tert-OH is 1. The predicted molar refractivity (Wildman–Crippen MR) is 132 cm³/mol. The van der Waals surface area contributed by atoms with Gasteiger partial charge in [0.25, 0.3) is 0 Å². The molecule has 7 heteroatoms. The van der Waals surface area contributed by atoms with E-state index in [1.165, 1.54) is 0 Å². The molecule has 0 saturated carbocycles. The average molecular weight is 463 g/mol. The number of hydrogen-bond donors (Lipinski definition) is 3. The number of aliphatic hydroxyl groups is 1. The first-order valence-corrected chi connectivity index (χ1v) is 12.0. The summed E-state index contributed by atoms with van der Waals surface area (Å²) in [4.78, 5) is 15.4. The molecular formula is C27H34N4O3. The van der Waals surface area contributed by atoms with Gasteiger partial charge in [0, 0.05) is 43.7 Å². The van der Waals surface area contributed by atoms with Crippen molar-refractivity contribution in [3.8, 4) is 11.8 Å². The van der Waals surface area contributed by atoms with Gasteiger partial charge in [0.2, 0.25) is 5.91 Å². The molecule has 2 aromatic carbocycles. The number of aryl methyl sites for hydroxylation is 2. The summed E-state index contributed by atoms with van der Waals surface area (Å²) in [5, 5.41) is 26.2. The van der Waals surface area contributed by atoms with Crippen molar-refractivity contribution >= 4 is 11.6 Å². The Bertz CT molecular complexity index is 1030. The highest BCUT2D eigenvalue weighted by molar-refractivity contribution is 5.92. The van der Waals surface area contributed by atoms with Crippen LogP contribution in [0.5, 0.6) is 5.75 Å². The number of nitrogens with one attached hydrogen (secondary N) is 2. The average Bonchev–Trinajstić information content (AvgIpc) is 2.80. The van der Waals surface area contributed by atoms with Crippen LogP contribution in [0.25, 0.3) is 0 Å². The summed E-state index contributed by atoms with van der Waals surface area (Å²) in [5.41, 5.74) is 3.48. The Morgan fingerprint density at radius 1 is 1.29 bits per heavy atom. The van der Waals surface area contributed by atoms with E-state index in [1.807, 2.05) is 32.0 Å². The van der Waals surface area contributed by atoms with E-state index in [1.54, 1.807) is 24.3 Å². The molecule has 3 unspecified atom stereocenters. The number of nitriles is 1. The van der Waals surface area contributed by atoms with Crippen LogP contribution < -0.4 is 15.4 Å². The molecule has 0 aliphatic carbocycles.